The number of hydrogen-bond donors (Lipinski definition) is 2. The summed E-state index contributed by atoms with van der Waals surface area (Å²) in [6.07, 6.45) is 0.206. The lowest BCUT2D eigenvalue weighted by atomic mass is 10.1. The first-order chi connectivity index (χ1) is 17.0. The molecule has 5 nitrogen and oxygen atoms in total. The van der Waals surface area contributed by atoms with Gasteiger partial charge in [0.25, 0.3) is 0 Å². The second-order valence-corrected chi connectivity index (χ2v) is 8.69. The highest BCUT2D eigenvalue weighted by atomic mass is 16.2. The molecule has 0 bridgehead atoms. The van der Waals surface area contributed by atoms with E-state index in [-0.39, 0.29) is 30.4 Å². The molecule has 4 rings (SSSR count). The number of nitrogens with one attached hydrogen (secondary N) is 2. The van der Waals surface area contributed by atoms with Gasteiger partial charge in [-0.2, -0.15) is 0 Å². The normalized spacial score (nSPS) is 12.5. The summed E-state index contributed by atoms with van der Waals surface area (Å²) in [5.41, 5.74) is 2.81. The van der Waals surface area contributed by atoms with Gasteiger partial charge in [0.05, 0.1) is 17.8 Å². The van der Waals surface area contributed by atoms with Crippen LogP contribution in [0.4, 0.5) is 10.5 Å². The fourth-order valence-electron chi connectivity index (χ4n) is 4.26. The van der Waals surface area contributed by atoms with Gasteiger partial charge in [0.2, 0.25) is 5.91 Å². The van der Waals surface area contributed by atoms with Crippen molar-refractivity contribution in [2.75, 3.05) is 11.9 Å². The summed E-state index contributed by atoms with van der Waals surface area (Å²) in [5.74, 6) is -0.0930. The maximum absolute atomic E-state index is 13.5. The fourth-order valence-corrected chi connectivity index (χ4v) is 4.26. The first kappa shape index (κ1) is 24.0. The Bertz CT molecular complexity index is 1270. The molecule has 0 spiro atoms. The van der Waals surface area contributed by atoms with Gasteiger partial charge in [0.15, 0.2) is 0 Å². The van der Waals surface area contributed by atoms with Gasteiger partial charge in [0, 0.05) is 18.4 Å². The Hall–Kier alpha value is -4.12. The molecular weight excluding hydrogens is 434 g/mol. The molecule has 0 radical (unpaired) electrons. The van der Waals surface area contributed by atoms with Crippen molar-refractivity contribution in [1.82, 2.24) is 10.2 Å². The average Bonchev–Trinajstić information content (AvgIpc) is 2.90. The maximum Gasteiger partial charge on any atom is 0.322 e. The molecule has 35 heavy (non-hydrogen) atoms. The van der Waals surface area contributed by atoms with Gasteiger partial charge in [-0.05, 0) is 36.4 Å². The zero-order chi connectivity index (χ0) is 24.6. The molecule has 0 heterocycles. The van der Waals surface area contributed by atoms with Crippen LogP contribution < -0.4 is 10.6 Å². The molecule has 4 aromatic carbocycles. The number of carbonyl (C=O) groups is 2. The van der Waals surface area contributed by atoms with E-state index in [2.05, 4.69) is 10.6 Å². The second kappa shape index (κ2) is 11.3. The van der Waals surface area contributed by atoms with Crippen molar-refractivity contribution in [3.63, 3.8) is 0 Å². The molecule has 4 aromatic rings. The van der Waals surface area contributed by atoms with E-state index in [4.69, 9.17) is 0 Å². The third kappa shape index (κ3) is 6.07. The fraction of sp³-hybridized carbons (Fsp3) is 0.200. The number of rotatable bonds is 8. The van der Waals surface area contributed by atoms with Crippen molar-refractivity contribution in [2.45, 2.75) is 32.4 Å². The number of fused-ring (bicyclic) bond motifs is 1. The lowest BCUT2D eigenvalue weighted by Crippen LogP contribution is -2.40. The Labute approximate surface area is 206 Å². The molecular formula is C30H31N3O2. The van der Waals surface area contributed by atoms with Gasteiger partial charge in [-0.3, -0.25) is 4.79 Å². The Morgan fingerprint density at radius 2 is 1.34 bits per heavy atom. The molecule has 0 saturated carbocycles. The number of urea groups is 1. The van der Waals surface area contributed by atoms with Gasteiger partial charge >= 0.3 is 6.03 Å². The Morgan fingerprint density at radius 1 is 0.743 bits per heavy atom. The number of amides is 3. The molecule has 0 aliphatic heterocycles. The van der Waals surface area contributed by atoms with Crippen molar-refractivity contribution < 1.29 is 9.59 Å². The molecule has 2 N–H and O–H groups in total. The SMILES string of the molecule is CC(NC(=O)CCN(C(=O)Nc1cccc2ccccc12)C(C)c1ccccc1)c1ccccc1. The third-order valence-corrected chi connectivity index (χ3v) is 6.30. The van der Waals surface area contributed by atoms with E-state index >= 15 is 0 Å². The van der Waals surface area contributed by atoms with Crippen molar-refractivity contribution in [1.29, 1.82) is 0 Å². The van der Waals surface area contributed by atoms with E-state index in [1.807, 2.05) is 117 Å². The molecule has 178 valence electrons. The molecule has 0 aliphatic rings. The largest absolute Gasteiger partial charge is 0.350 e. The Morgan fingerprint density at radius 3 is 2.06 bits per heavy atom. The summed E-state index contributed by atoms with van der Waals surface area (Å²) in [6.45, 7) is 4.24. The van der Waals surface area contributed by atoms with Crippen LogP contribution in [0.15, 0.2) is 103 Å². The van der Waals surface area contributed by atoms with E-state index < -0.39 is 0 Å². The van der Waals surface area contributed by atoms with E-state index in [0.29, 0.717) is 6.54 Å². The van der Waals surface area contributed by atoms with Crippen molar-refractivity contribution in [2.24, 2.45) is 0 Å². The van der Waals surface area contributed by atoms with Crippen LogP contribution in [0.25, 0.3) is 10.8 Å². The highest BCUT2D eigenvalue weighted by Crippen LogP contribution is 2.26. The highest BCUT2D eigenvalue weighted by Gasteiger charge is 2.23. The van der Waals surface area contributed by atoms with Crippen LogP contribution in [0.3, 0.4) is 0 Å². The quantitative estimate of drug-likeness (QED) is 0.304. The Kier molecular flexibility index (Phi) is 7.78. The number of anilines is 1. The molecule has 3 amide bonds. The number of hydrogen-bond acceptors (Lipinski definition) is 2. The van der Waals surface area contributed by atoms with Crippen LogP contribution in [0.5, 0.6) is 0 Å². The van der Waals surface area contributed by atoms with Crippen molar-refractivity contribution >= 4 is 28.4 Å². The standard InChI is InChI=1S/C30H31N3O2/c1-22(24-12-5-3-6-13-24)31-29(34)20-21-33(23(2)25-14-7-4-8-15-25)30(35)32-28-19-11-17-26-16-9-10-18-27(26)28/h3-19,22-23H,20-21H2,1-2H3,(H,31,34)(H,32,35). The van der Waals surface area contributed by atoms with Gasteiger partial charge in [-0.25, -0.2) is 4.79 Å². The topological polar surface area (TPSA) is 61.4 Å². The van der Waals surface area contributed by atoms with E-state index in [0.717, 1.165) is 27.6 Å². The Balaban J connectivity index is 1.49. The molecule has 0 fully saturated rings. The minimum atomic E-state index is -0.235. The highest BCUT2D eigenvalue weighted by molar-refractivity contribution is 6.01. The summed E-state index contributed by atoms with van der Waals surface area (Å²) in [5, 5.41) is 8.16. The second-order valence-electron chi connectivity index (χ2n) is 8.69. The van der Waals surface area contributed by atoms with E-state index in [1.54, 1.807) is 4.90 Å². The molecule has 5 heteroatoms. The number of nitrogens with zero attached hydrogens (tertiary/aromatic N) is 1. The summed E-state index contributed by atoms with van der Waals surface area (Å²) in [7, 11) is 0. The van der Waals surface area contributed by atoms with Crippen LogP contribution in [-0.2, 0) is 4.79 Å². The van der Waals surface area contributed by atoms with E-state index in [9.17, 15) is 9.59 Å². The number of benzene rings is 4. The predicted molar refractivity (Wildman–Crippen MR) is 142 cm³/mol. The van der Waals surface area contributed by atoms with Gasteiger partial charge in [-0.1, -0.05) is 97.1 Å². The minimum Gasteiger partial charge on any atom is -0.350 e. The van der Waals surface area contributed by atoms with Crippen LogP contribution in [0.1, 0.15) is 43.5 Å². The van der Waals surface area contributed by atoms with Crippen LogP contribution in [-0.4, -0.2) is 23.4 Å². The smallest absolute Gasteiger partial charge is 0.322 e. The van der Waals surface area contributed by atoms with E-state index in [1.165, 1.54) is 0 Å². The zero-order valence-electron chi connectivity index (χ0n) is 20.1. The van der Waals surface area contributed by atoms with Crippen LogP contribution in [0.2, 0.25) is 0 Å². The average molecular weight is 466 g/mol. The summed E-state index contributed by atoms with van der Waals surface area (Å²) in [4.78, 5) is 28.0. The first-order valence-electron chi connectivity index (χ1n) is 12.0. The first-order valence-corrected chi connectivity index (χ1v) is 12.0. The monoisotopic (exact) mass is 465 g/mol. The molecule has 0 aromatic heterocycles. The number of carbonyl (C=O) groups excluding carboxylic acids is 2. The summed E-state index contributed by atoms with van der Waals surface area (Å²) < 4.78 is 0. The third-order valence-electron chi connectivity index (χ3n) is 6.30. The molecule has 0 aliphatic carbocycles. The lowest BCUT2D eigenvalue weighted by Gasteiger charge is -2.30. The molecule has 0 saturated heterocycles. The summed E-state index contributed by atoms with van der Waals surface area (Å²) >= 11 is 0. The zero-order valence-corrected chi connectivity index (χ0v) is 20.1. The van der Waals surface area contributed by atoms with Gasteiger partial charge < -0.3 is 15.5 Å². The van der Waals surface area contributed by atoms with Crippen LogP contribution >= 0.6 is 0 Å². The lowest BCUT2D eigenvalue weighted by molar-refractivity contribution is -0.122. The predicted octanol–water partition coefficient (Wildman–Crippen LogP) is 6.70. The van der Waals surface area contributed by atoms with Crippen molar-refractivity contribution in [3.8, 4) is 0 Å². The maximum atomic E-state index is 13.5. The van der Waals surface area contributed by atoms with Gasteiger partial charge in [-0.15, -0.1) is 0 Å². The molecule has 2 atom stereocenters. The summed E-state index contributed by atoms with van der Waals surface area (Å²) in [6, 6.07) is 33.0. The van der Waals surface area contributed by atoms with Crippen LogP contribution in [0, 0.1) is 0 Å². The minimum absolute atomic E-state index is 0.0930. The van der Waals surface area contributed by atoms with Crippen molar-refractivity contribution in [3.05, 3.63) is 114 Å². The molecule has 2 unspecified atom stereocenters. The van der Waals surface area contributed by atoms with Gasteiger partial charge in [0.1, 0.15) is 0 Å².